The predicted molar refractivity (Wildman–Crippen MR) is 48.0 cm³/mol. The Labute approximate surface area is 78.2 Å². The molecule has 0 aromatic rings. The smallest absolute Gasteiger partial charge is 0.165 e. The Balaban J connectivity index is 2.85. The fraction of sp³-hybridized carbons (Fsp3) is 0.778. The maximum absolute atomic E-state index is 5.70. The molecule has 2 atom stereocenters. The molecule has 0 saturated carbocycles. The number of hydrogen-bond donors (Lipinski definition) is 0. The van der Waals surface area contributed by atoms with Crippen LogP contribution in [0.2, 0.25) is 0 Å². The molecule has 1 aliphatic rings. The summed E-state index contributed by atoms with van der Waals surface area (Å²) in [5, 5.41) is 0. The van der Waals surface area contributed by atoms with Gasteiger partial charge in [0.1, 0.15) is 6.10 Å². The van der Waals surface area contributed by atoms with E-state index >= 15 is 0 Å². The monoisotopic (exact) mass is 188 g/mol. The average Bonchev–Trinajstić information content (AvgIpc) is 2.22. The quantitative estimate of drug-likeness (QED) is 0.461. The van der Waals surface area contributed by atoms with Gasteiger partial charge < -0.3 is 9.47 Å². The minimum absolute atomic E-state index is 0.223. The lowest BCUT2D eigenvalue weighted by Gasteiger charge is -2.21. The second-order valence-corrected chi connectivity index (χ2v) is 3.82. The van der Waals surface area contributed by atoms with E-state index in [0.717, 1.165) is 0 Å². The van der Waals surface area contributed by atoms with Gasteiger partial charge in [-0.2, -0.15) is 0 Å². The summed E-state index contributed by atoms with van der Waals surface area (Å²) in [7, 11) is 0. The molecule has 2 unspecified atom stereocenters. The highest BCUT2D eigenvalue weighted by molar-refractivity contribution is 6.18. The van der Waals surface area contributed by atoms with Crippen LogP contribution in [0, 0.1) is 12.3 Å². The Hall–Kier alpha value is -0.230. The van der Waals surface area contributed by atoms with Gasteiger partial charge in [-0.15, -0.1) is 18.0 Å². The number of ether oxygens (including phenoxy) is 2. The van der Waals surface area contributed by atoms with Crippen molar-refractivity contribution in [3.8, 4) is 12.3 Å². The summed E-state index contributed by atoms with van der Waals surface area (Å²) in [6.45, 7) is 5.47. The third-order valence-corrected chi connectivity index (χ3v) is 2.21. The van der Waals surface area contributed by atoms with Gasteiger partial charge in [0.05, 0.1) is 5.88 Å². The van der Waals surface area contributed by atoms with E-state index in [2.05, 4.69) is 5.92 Å². The molecule has 3 heteroatoms. The number of alkyl halides is 1. The van der Waals surface area contributed by atoms with Crippen molar-refractivity contribution >= 4 is 11.6 Å². The molecule has 0 bridgehead atoms. The van der Waals surface area contributed by atoms with E-state index in [4.69, 9.17) is 27.5 Å². The molecule has 0 aromatic heterocycles. The Kier molecular flexibility index (Phi) is 2.40. The highest BCUT2D eigenvalue weighted by Crippen LogP contribution is 2.36. The molecular formula is C9H13ClO2. The van der Waals surface area contributed by atoms with Crippen molar-refractivity contribution in [1.82, 2.24) is 0 Å². The van der Waals surface area contributed by atoms with Crippen LogP contribution < -0.4 is 0 Å². The summed E-state index contributed by atoms with van der Waals surface area (Å²) in [5.41, 5.74) is -0.689. The van der Waals surface area contributed by atoms with E-state index in [0.29, 0.717) is 5.88 Å². The van der Waals surface area contributed by atoms with Crippen molar-refractivity contribution < 1.29 is 9.47 Å². The summed E-state index contributed by atoms with van der Waals surface area (Å²) < 4.78 is 11.1. The molecule has 0 radical (unpaired) electrons. The largest absolute Gasteiger partial charge is 0.342 e. The number of hydrogen-bond acceptors (Lipinski definition) is 2. The molecule has 0 aromatic carbocycles. The topological polar surface area (TPSA) is 18.5 Å². The molecule has 12 heavy (non-hydrogen) atoms. The third-order valence-electron chi connectivity index (χ3n) is 1.93. The van der Waals surface area contributed by atoms with Crippen LogP contribution >= 0.6 is 11.6 Å². The van der Waals surface area contributed by atoms with E-state index in [1.54, 1.807) is 0 Å². The zero-order valence-corrected chi connectivity index (χ0v) is 8.31. The summed E-state index contributed by atoms with van der Waals surface area (Å²) in [4.78, 5) is 0. The van der Waals surface area contributed by atoms with Crippen molar-refractivity contribution in [1.29, 1.82) is 0 Å². The third kappa shape index (κ3) is 1.59. The van der Waals surface area contributed by atoms with Gasteiger partial charge in [0.2, 0.25) is 0 Å². The highest BCUT2D eigenvalue weighted by Gasteiger charge is 2.48. The summed E-state index contributed by atoms with van der Waals surface area (Å²) in [6, 6.07) is 0. The SMILES string of the molecule is C#CC1(C)OC(C)(C)OC1CCl. The van der Waals surface area contributed by atoms with E-state index in [-0.39, 0.29) is 6.10 Å². The molecule has 2 nitrogen and oxygen atoms in total. The number of terminal acetylenes is 1. The first-order valence-electron chi connectivity index (χ1n) is 3.85. The lowest BCUT2D eigenvalue weighted by Crippen LogP contribution is -2.36. The van der Waals surface area contributed by atoms with E-state index < -0.39 is 11.4 Å². The molecule has 1 saturated heterocycles. The van der Waals surface area contributed by atoms with Gasteiger partial charge in [0.15, 0.2) is 11.4 Å². The van der Waals surface area contributed by atoms with Crippen molar-refractivity contribution in [3.05, 3.63) is 0 Å². The van der Waals surface area contributed by atoms with Crippen molar-refractivity contribution in [3.63, 3.8) is 0 Å². The molecule has 1 heterocycles. The first kappa shape index (κ1) is 9.85. The molecular weight excluding hydrogens is 176 g/mol. The fourth-order valence-electron chi connectivity index (χ4n) is 1.36. The van der Waals surface area contributed by atoms with Gasteiger partial charge in [0, 0.05) is 0 Å². The van der Waals surface area contributed by atoms with Crippen LogP contribution in [0.4, 0.5) is 0 Å². The zero-order chi connectivity index (χ0) is 9.41. The van der Waals surface area contributed by atoms with Gasteiger partial charge >= 0.3 is 0 Å². The first-order chi connectivity index (χ1) is 5.43. The minimum Gasteiger partial charge on any atom is -0.342 e. The molecule has 0 spiro atoms. The summed E-state index contributed by atoms with van der Waals surface area (Å²) in [5.74, 6) is 2.29. The molecule has 1 rings (SSSR count). The Morgan fingerprint density at radius 1 is 1.50 bits per heavy atom. The Morgan fingerprint density at radius 2 is 2.08 bits per heavy atom. The van der Waals surface area contributed by atoms with Gasteiger partial charge in [-0.3, -0.25) is 0 Å². The van der Waals surface area contributed by atoms with Crippen LogP contribution in [0.5, 0.6) is 0 Å². The van der Waals surface area contributed by atoms with Crippen molar-refractivity contribution in [2.75, 3.05) is 5.88 Å². The van der Waals surface area contributed by atoms with Crippen LogP contribution in [0.1, 0.15) is 20.8 Å². The van der Waals surface area contributed by atoms with Crippen LogP contribution in [-0.4, -0.2) is 23.4 Å². The van der Waals surface area contributed by atoms with Gasteiger partial charge in [-0.25, -0.2) is 0 Å². The molecule has 0 aliphatic carbocycles. The standard InChI is InChI=1S/C9H13ClO2/c1-5-9(4)7(6-10)11-8(2,3)12-9/h1,7H,6H2,2-4H3. The van der Waals surface area contributed by atoms with Crippen molar-refractivity contribution in [2.24, 2.45) is 0 Å². The van der Waals surface area contributed by atoms with Crippen LogP contribution in [0.3, 0.4) is 0 Å². The van der Waals surface area contributed by atoms with E-state index in [1.807, 2.05) is 20.8 Å². The fourth-order valence-corrected chi connectivity index (χ4v) is 1.71. The van der Waals surface area contributed by atoms with Gasteiger partial charge in [-0.05, 0) is 20.8 Å². The summed E-state index contributed by atoms with van der Waals surface area (Å²) in [6.07, 6.45) is 5.12. The van der Waals surface area contributed by atoms with Crippen LogP contribution in [-0.2, 0) is 9.47 Å². The van der Waals surface area contributed by atoms with Crippen LogP contribution in [0.15, 0.2) is 0 Å². The second kappa shape index (κ2) is 2.92. The van der Waals surface area contributed by atoms with Gasteiger partial charge in [0.25, 0.3) is 0 Å². The Bertz CT molecular complexity index is 219. The predicted octanol–water partition coefficient (Wildman–Crippen LogP) is 1.77. The minimum atomic E-state index is -0.689. The van der Waals surface area contributed by atoms with Crippen LogP contribution in [0.25, 0.3) is 0 Å². The zero-order valence-electron chi connectivity index (χ0n) is 7.56. The molecule has 68 valence electrons. The molecule has 1 fully saturated rings. The number of halogens is 1. The lowest BCUT2D eigenvalue weighted by molar-refractivity contribution is -0.151. The Morgan fingerprint density at radius 3 is 2.42 bits per heavy atom. The molecule has 1 aliphatic heterocycles. The van der Waals surface area contributed by atoms with Gasteiger partial charge in [-0.1, -0.05) is 5.92 Å². The first-order valence-corrected chi connectivity index (χ1v) is 4.39. The maximum Gasteiger partial charge on any atom is 0.165 e. The molecule has 0 N–H and O–H groups in total. The normalized spacial score (nSPS) is 39.4. The van der Waals surface area contributed by atoms with Crippen molar-refractivity contribution in [2.45, 2.75) is 38.3 Å². The number of rotatable bonds is 1. The lowest BCUT2D eigenvalue weighted by atomic mass is 10.0. The summed E-state index contributed by atoms with van der Waals surface area (Å²) >= 11 is 5.70. The maximum atomic E-state index is 5.70. The second-order valence-electron chi connectivity index (χ2n) is 3.51. The molecule has 0 amide bonds. The highest BCUT2D eigenvalue weighted by atomic mass is 35.5. The van der Waals surface area contributed by atoms with E-state index in [1.165, 1.54) is 0 Å². The average molecular weight is 189 g/mol. The van der Waals surface area contributed by atoms with E-state index in [9.17, 15) is 0 Å².